The van der Waals surface area contributed by atoms with Crippen molar-refractivity contribution in [3.63, 3.8) is 0 Å². The Morgan fingerprint density at radius 1 is 1.43 bits per heavy atom. The molecule has 0 aliphatic carbocycles. The third kappa shape index (κ3) is 5.35. The van der Waals surface area contributed by atoms with Crippen LogP contribution in [0.1, 0.15) is 45.8 Å². The van der Waals surface area contributed by atoms with Crippen LogP contribution in [0.15, 0.2) is 23.2 Å². The number of esters is 1. The Kier molecular flexibility index (Phi) is 7.62. The number of methoxy groups -OCH3 is 1. The zero-order valence-corrected chi connectivity index (χ0v) is 17.5. The standard InChI is InChI=1S/C19H26N4O4S/c1-6-27-18(25)16-11(2)22-17(28-16)12(3)23-19(20-4)21-10-13-9-14(26-5)7-8-15(13)24/h7-9,12,24H,6,10H2,1-5H3,(H2,20,21,23). The Morgan fingerprint density at radius 3 is 2.82 bits per heavy atom. The number of benzene rings is 1. The summed E-state index contributed by atoms with van der Waals surface area (Å²) in [6.45, 7) is 6.18. The van der Waals surface area contributed by atoms with Gasteiger partial charge in [0.05, 0.1) is 25.5 Å². The summed E-state index contributed by atoms with van der Waals surface area (Å²) in [6, 6.07) is 4.87. The molecule has 0 aliphatic rings. The maximum absolute atomic E-state index is 12.0. The van der Waals surface area contributed by atoms with Crippen molar-refractivity contribution in [1.82, 2.24) is 15.6 Å². The second kappa shape index (κ2) is 9.93. The first-order valence-corrected chi connectivity index (χ1v) is 9.68. The zero-order chi connectivity index (χ0) is 20.7. The molecule has 0 saturated heterocycles. The molecule has 152 valence electrons. The van der Waals surface area contributed by atoms with E-state index in [-0.39, 0.29) is 17.8 Å². The molecule has 0 amide bonds. The van der Waals surface area contributed by atoms with Crippen molar-refractivity contribution in [3.05, 3.63) is 39.3 Å². The number of thiazole rings is 1. The Morgan fingerprint density at radius 2 is 2.18 bits per heavy atom. The predicted octanol–water partition coefficient (Wildman–Crippen LogP) is 2.77. The summed E-state index contributed by atoms with van der Waals surface area (Å²) in [5, 5.41) is 17.1. The number of guanidine groups is 1. The number of rotatable bonds is 7. The van der Waals surface area contributed by atoms with E-state index in [0.29, 0.717) is 41.0 Å². The van der Waals surface area contributed by atoms with E-state index in [1.807, 2.05) is 6.92 Å². The minimum absolute atomic E-state index is 0.169. The van der Waals surface area contributed by atoms with Crippen LogP contribution in [0.25, 0.3) is 0 Å². The van der Waals surface area contributed by atoms with E-state index in [1.165, 1.54) is 11.3 Å². The summed E-state index contributed by atoms with van der Waals surface area (Å²) in [4.78, 5) is 21.2. The number of hydrogen-bond acceptors (Lipinski definition) is 7. The number of ether oxygens (including phenoxy) is 2. The van der Waals surface area contributed by atoms with Gasteiger partial charge in [-0.2, -0.15) is 0 Å². The van der Waals surface area contributed by atoms with E-state index < -0.39 is 0 Å². The molecule has 0 saturated carbocycles. The lowest BCUT2D eigenvalue weighted by Crippen LogP contribution is -2.38. The number of aromatic nitrogens is 1. The van der Waals surface area contributed by atoms with E-state index in [0.717, 1.165) is 5.01 Å². The van der Waals surface area contributed by atoms with E-state index in [9.17, 15) is 9.90 Å². The molecule has 28 heavy (non-hydrogen) atoms. The molecule has 2 aromatic rings. The highest BCUT2D eigenvalue weighted by Crippen LogP contribution is 2.25. The number of carbonyl (C=O) groups is 1. The summed E-state index contributed by atoms with van der Waals surface area (Å²) in [6.07, 6.45) is 0. The van der Waals surface area contributed by atoms with E-state index >= 15 is 0 Å². The fourth-order valence-corrected chi connectivity index (χ4v) is 3.42. The minimum Gasteiger partial charge on any atom is -0.508 e. The summed E-state index contributed by atoms with van der Waals surface area (Å²) in [7, 11) is 3.23. The Hall–Kier alpha value is -2.81. The molecule has 0 aliphatic heterocycles. The van der Waals surface area contributed by atoms with E-state index in [1.54, 1.807) is 46.2 Å². The fourth-order valence-electron chi connectivity index (χ4n) is 2.46. The van der Waals surface area contributed by atoms with Gasteiger partial charge in [0.15, 0.2) is 5.96 Å². The average Bonchev–Trinajstić information content (AvgIpc) is 3.08. The van der Waals surface area contributed by atoms with Gasteiger partial charge in [-0.25, -0.2) is 9.78 Å². The van der Waals surface area contributed by atoms with Gasteiger partial charge in [-0.05, 0) is 39.0 Å². The summed E-state index contributed by atoms with van der Waals surface area (Å²) in [5.74, 6) is 1.02. The smallest absolute Gasteiger partial charge is 0.350 e. The first-order chi connectivity index (χ1) is 13.4. The van der Waals surface area contributed by atoms with Crippen molar-refractivity contribution in [2.75, 3.05) is 20.8 Å². The van der Waals surface area contributed by atoms with Gasteiger partial charge in [0, 0.05) is 19.2 Å². The van der Waals surface area contributed by atoms with Crippen LogP contribution in [-0.2, 0) is 11.3 Å². The number of nitrogens with one attached hydrogen (secondary N) is 2. The van der Waals surface area contributed by atoms with Gasteiger partial charge in [-0.1, -0.05) is 0 Å². The molecule has 9 heteroatoms. The lowest BCUT2D eigenvalue weighted by atomic mass is 10.2. The van der Waals surface area contributed by atoms with E-state index in [2.05, 4.69) is 20.6 Å². The third-order valence-electron chi connectivity index (χ3n) is 3.95. The number of aromatic hydroxyl groups is 1. The van der Waals surface area contributed by atoms with Crippen LogP contribution in [0.2, 0.25) is 0 Å². The maximum atomic E-state index is 12.0. The normalized spacial score (nSPS) is 12.4. The molecular formula is C19H26N4O4S. The number of phenolic OH excluding ortho intramolecular Hbond substituents is 1. The topological polar surface area (TPSA) is 105 Å². The first-order valence-electron chi connectivity index (χ1n) is 8.87. The molecule has 0 bridgehead atoms. The molecule has 2 rings (SSSR count). The number of aryl methyl sites for hydroxylation is 1. The summed E-state index contributed by atoms with van der Waals surface area (Å²) in [5.41, 5.74) is 1.33. The number of carbonyl (C=O) groups excluding carboxylic acids is 1. The van der Waals surface area contributed by atoms with Crippen molar-refractivity contribution >= 4 is 23.3 Å². The molecule has 0 radical (unpaired) electrons. The molecule has 8 nitrogen and oxygen atoms in total. The Bertz CT molecular complexity index is 850. The first kappa shape index (κ1) is 21.5. The zero-order valence-electron chi connectivity index (χ0n) is 16.7. The summed E-state index contributed by atoms with van der Waals surface area (Å²) >= 11 is 1.30. The predicted molar refractivity (Wildman–Crippen MR) is 109 cm³/mol. The molecule has 3 N–H and O–H groups in total. The van der Waals surface area contributed by atoms with Crippen molar-refractivity contribution in [2.24, 2.45) is 4.99 Å². The maximum Gasteiger partial charge on any atom is 0.350 e. The van der Waals surface area contributed by atoms with Gasteiger partial charge in [-0.15, -0.1) is 11.3 Å². The van der Waals surface area contributed by atoms with Gasteiger partial charge >= 0.3 is 5.97 Å². The molecule has 1 aromatic carbocycles. The molecular weight excluding hydrogens is 380 g/mol. The van der Waals surface area contributed by atoms with Gasteiger partial charge in [-0.3, -0.25) is 4.99 Å². The van der Waals surface area contributed by atoms with Crippen molar-refractivity contribution in [2.45, 2.75) is 33.4 Å². The molecule has 0 spiro atoms. The Labute approximate surface area is 168 Å². The van der Waals surface area contributed by atoms with Gasteiger partial charge in [0.25, 0.3) is 0 Å². The average molecular weight is 407 g/mol. The second-order valence-electron chi connectivity index (χ2n) is 5.97. The number of hydrogen-bond donors (Lipinski definition) is 3. The van der Waals surface area contributed by atoms with E-state index in [4.69, 9.17) is 9.47 Å². The van der Waals surface area contributed by atoms with Crippen molar-refractivity contribution in [3.8, 4) is 11.5 Å². The molecule has 1 atom stereocenters. The van der Waals surface area contributed by atoms with Crippen LogP contribution in [0.3, 0.4) is 0 Å². The number of phenols is 1. The highest BCUT2D eigenvalue weighted by Gasteiger charge is 2.20. The van der Waals surface area contributed by atoms with Crippen LogP contribution in [0, 0.1) is 6.92 Å². The third-order valence-corrected chi connectivity index (χ3v) is 5.27. The van der Waals surface area contributed by atoms with Gasteiger partial charge in [0.2, 0.25) is 0 Å². The molecule has 1 heterocycles. The van der Waals surface area contributed by atoms with Crippen molar-refractivity contribution < 1.29 is 19.4 Å². The lowest BCUT2D eigenvalue weighted by Gasteiger charge is -2.17. The second-order valence-corrected chi connectivity index (χ2v) is 7.00. The number of nitrogens with zero attached hydrogens (tertiary/aromatic N) is 2. The van der Waals surface area contributed by atoms with Gasteiger partial charge < -0.3 is 25.2 Å². The largest absolute Gasteiger partial charge is 0.508 e. The van der Waals surface area contributed by atoms with Crippen LogP contribution in [0.4, 0.5) is 0 Å². The highest BCUT2D eigenvalue weighted by atomic mass is 32.1. The van der Waals surface area contributed by atoms with Crippen LogP contribution >= 0.6 is 11.3 Å². The van der Waals surface area contributed by atoms with Crippen molar-refractivity contribution in [1.29, 1.82) is 0 Å². The van der Waals surface area contributed by atoms with Crippen LogP contribution < -0.4 is 15.4 Å². The highest BCUT2D eigenvalue weighted by molar-refractivity contribution is 7.13. The lowest BCUT2D eigenvalue weighted by molar-refractivity contribution is 0.0531. The minimum atomic E-state index is -0.355. The quantitative estimate of drug-likeness (QED) is 0.369. The monoisotopic (exact) mass is 406 g/mol. The molecule has 1 aromatic heterocycles. The summed E-state index contributed by atoms with van der Waals surface area (Å²) < 4.78 is 10.2. The molecule has 0 fully saturated rings. The fraction of sp³-hybridized carbons (Fsp3) is 0.421. The molecule has 1 unspecified atom stereocenters. The Balaban J connectivity index is 2.03. The van der Waals surface area contributed by atoms with Crippen LogP contribution in [-0.4, -0.2) is 42.8 Å². The van der Waals surface area contributed by atoms with Crippen LogP contribution in [0.5, 0.6) is 11.5 Å². The van der Waals surface area contributed by atoms with Gasteiger partial charge in [0.1, 0.15) is 21.4 Å². The SMILES string of the molecule is CCOC(=O)c1sc(C(C)NC(=NC)NCc2cc(OC)ccc2O)nc1C. The number of aliphatic imine (C=N–C) groups is 1.